The van der Waals surface area contributed by atoms with Gasteiger partial charge in [-0.25, -0.2) is 0 Å². The Morgan fingerprint density at radius 2 is 1.78 bits per heavy atom. The van der Waals surface area contributed by atoms with E-state index in [0.717, 1.165) is 24.2 Å². The monoisotopic (exact) mass is 311 g/mol. The highest BCUT2D eigenvalue weighted by Crippen LogP contribution is 2.32. The predicted molar refractivity (Wildman–Crippen MR) is 89.3 cm³/mol. The number of carbonyl (C=O) groups excluding carboxylic acids is 1. The summed E-state index contributed by atoms with van der Waals surface area (Å²) in [6.45, 7) is 3.79. The van der Waals surface area contributed by atoms with Gasteiger partial charge >= 0.3 is 0 Å². The Bertz CT molecular complexity index is 683. The number of amides is 1. The second-order valence-corrected chi connectivity index (χ2v) is 5.66. The maximum absolute atomic E-state index is 12.4. The molecule has 1 amide bonds. The van der Waals surface area contributed by atoms with Gasteiger partial charge in [-0.1, -0.05) is 30.3 Å². The van der Waals surface area contributed by atoms with Crippen LogP contribution in [0.4, 0.5) is 0 Å². The van der Waals surface area contributed by atoms with Crippen LogP contribution in [0.15, 0.2) is 42.5 Å². The molecule has 23 heavy (non-hydrogen) atoms. The summed E-state index contributed by atoms with van der Waals surface area (Å²) < 4.78 is 11.3. The van der Waals surface area contributed by atoms with Gasteiger partial charge in [0.1, 0.15) is 0 Å². The molecular weight excluding hydrogens is 290 g/mol. The predicted octanol–water partition coefficient (Wildman–Crippen LogP) is 3.13. The van der Waals surface area contributed by atoms with Crippen molar-refractivity contribution in [1.29, 1.82) is 0 Å². The fourth-order valence-corrected chi connectivity index (χ4v) is 2.62. The number of rotatable bonds is 4. The molecule has 1 aliphatic rings. The lowest BCUT2D eigenvalue weighted by Crippen LogP contribution is -2.26. The van der Waals surface area contributed by atoms with Gasteiger partial charge in [0, 0.05) is 18.5 Å². The van der Waals surface area contributed by atoms with Gasteiger partial charge in [-0.3, -0.25) is 4.79 Å². The molecule has 0 atom stereocenters. The third-order valence-corrected chi connectivity index (χ3v) is 3.88. The maximum atomic E-state index is 12.4. The van der Waals surface area contributed by atoms with Gasteiger partial charge in [0.2, 0.25) is 0 Å². The third-order valence-electron chi connectivity index (χ3n) is 3.88. The highest BCUT2D eigenvalue weighted by Gasteiger charge is 2.16. The van der Waals surface area contributed by atoms with E-state index in [0.29, 0.717) is 31.1 Å². The maximum Gasteiger partial charge on any atom is 0.251 e. The van der Waals surface area contributed by atoms with E-state index < -0.39 is 0 Å². The molecule has 1 aliphatic heterocycles. The normalized spacial score (nSPS) is 13.3. The molecule has 2 aromatic carbocycles. The molecular formula is C19H21NO3. The summed E-state index contributed by atoms with van der Waals surface area (Å²) in [5.41, 5.74) is 2.75. The van der Waals surface area contributed by atoms with Crippen LogP contribution >= 0.6 is 0 Å². The minimum atomic E-state index is -0.0749. The lowest BCUT2D eigenvalue weighted by atomic mass is 10.1. The Morgan fingerprint density at radius 1 is 1.09 bits per heavy atom. The molecule has 4 heteroatoms. The zero-order valence-electron chi connectivity index (χ0n) is 13.3. The van der Waals surface area contributed by atoms with Gasteiger partial charge < -0.3 is 14.8 Å². The fraction of sp³-hybridized carbons (Fsp3) is 0.316. The Balaban J connectivity index is 1.66. The topological polar surface area (TPSA) is 47.6 Å². The Hall–Kier alpha value is -2.49. The standard InChI is InChI=1S/C19H21NO3/c1-14-12-17-18(23-11-5-10-22-17)13-16(14)19(21)20-9-8-15-6-3-2-4-7-15/h2-4,6-7,12-13H,5,8-11H2,1H3,(H,20,21). The van der Waals surface area contributed by atoms with E-state index >= 15 is 0 Å². The molecule has 0 bridgehead atoms. The van der Waals surface area contributed by atoms with Crippen molar-refractivity contribution in [2.24, 2.45) is 0 Å². The summed E-state index contributed by atoms with van der Waals surface area (Å²) in [7, 11) is 0. The van der Waals surface area contributed by atoms with Crippen LogP contribution in [-0.2, 0) is 6.42 Å². The molecule has 4 nitrogen and oxygen atoms in total. The number of benzene rings is 2. The number of hydrogen-bond donors (Lipinski definition) is 1. The number of fused-ring (bicyclic) bond motifs is 1. The smallest absolute Gasteiger partial charge is 0.251 e. The van der Waals surface area contributed by atoms with Crippen molar-refractivity contribution in [3.05, 3.63) is 59.2 Å². The zero-order valence-corrected chi connectivity index (χ0v) is 13.3. The highest BCUT2D eigenvalue weighted by atomic mass is 16.5. The summed E-state index contributed by atoms with van der Waals surface area (Å²) in [4.78, 5) is 12.4. The fourth-order valence-electron chi connectivity index (χ4n) is 2.62. The molecule has 0 unspecified atom stereocenters. The summed E-state index contributed by atoms with van der Waals surface area (Å²) in [5, 5.41) is 2.98. The van der Waals surface area contributed by atoms with Crippen LogP contribution in [-0.4, -0.2) is 25.7 Å². The number of ether oxygens (including phenoxy) is 2. The summed E-state index contributed by atoms with van der Waals surface area (Å²) in [6.07, 6.45) is 1.67. The second kappa shape index (κ2) is 7.18. The van der Waals surface area contributed by atoms with Crippen molar-refractivity contribution in [3.8, 4) is 11.5 Å². The quantitative estimate of drug-likeness (QED) is 0.943. The number of carbonyl (C=O) groups is 1. The molecule has 3 rings (SSSR count). The lowest BCUT2D eigenvalue weighted by molar-refractivity contribution is 0.0953. The molecule has 2 aromatic rings. The number of hydrogen-bond acceptors (Lipinski definition) is 3. The van der Waals surface area contributed by atoms with E-state index in [2.05, 4.69) is 17.4 Å². The van der Waals surface area contributed by atoms with Crippen molar-refractivity contribution in [2.75, 3.05) is 19.8 Å². The summed E-state index contributed by atoms with van der Waals surface area (Å²) >= 11 is 0. The minimum Gasteiger partial charge on any atom is -0.490 e. The van der Waals surface area contributed by atoms with Crippen molar-refractivity contribution < 1.29 is 14.3 Å². The van der Waals surface area contributed by atoms with E-state index in [1.807, 2.05) is 31.2 Å². The van der Waals surface area contributed by atoms with Gasteiger partial charge in [-0.15, -0.1) is 0 Å². The third kappa shape index (κ3) is 3.83. The first-order valence-electron chi connectivity index (χ1n) is 7.96. The average molecular weight is 311 g/mol. The Morgan fingerprint density at radius 3 is 2.52 bits per heavy atom. The molecule has 1 heterocycles. The average Bonchev–Trinajstić information content (AvgIpc) is 2.79. The summed E-state index contributed by atoms with van der Waals surface area (Å²) in [6, 6.07) is 13.8. The van der Waals surface area contributed by atoms with Gasteiger partial charge in [0.05, 0.1) is 13.2 Å². The van der Waals surface area contributed by atoms with Gasteiger partial charge in [0.15, 0.2) is 11.5 Å². The van der Waals surface area contributed by atoms with Crippen LogP contribution in [0.25, 0.3) is 0 Å². The zero-order chi connectivity index (χ0) is 16.1. The lowest BCUT2D eigenvalue weighted by Gasteiger charge is -2.12. The van der Waals surface area contributed by atoms with E-state index in [1.165, 1.54) is 5.56 Å². The van der Waals surface area contributed by atoms with Crippen LogP contribution in [0.3, 0.4) is 0 Å². The Kier molecular flexibility index (Phi) is 4.81. The largest absolute Gasteiger partial charge is 0.490 e. The van der Waals surface area contributed by atoms with Crippen LogP contribution < -0.4 is 14.8 Å². The molecule has 0 saturated carbocycles. The van der Waals surface area contributed by atoms with Crippen molar-refractivity contribution in [2.45, 2.75) is 19.8 Å². The molecule has 0 saturated heterocycles. The molecule has 120 valence electrons. The van der Waals surface area contributed by atoms with Crippen LogP contribution in [0.2, 0.25) is 0 Å². The van der Waals surface area contributed by atoms with E-state index in [-0.39, 0.29) is 5.91 Å². The first-order chi connectivity index (χ1) is 11.2. The van der Waals surface area contributed by atoms with Gasteiger partial charge in [-0.2, -0.15) is 0 Å². The van der Waals surface area contributed by atoms with Crippen LogP contribution in [0.1, 0.15) is 27.9 Å². The van der Waals surface area contributed by atoms with Gasteiger partial charge in [0.25, 0.3) is 5.91 Å². The van der Waals surface area contributed by atoms with E-state index in [4.69, 9.17) is 9.47 Å². The SMILES string of the molecule is Cc1cc2c(cc1C(=O)NCCc1ccccc1)OCCCO2. The first-order valence-corrected chi connectivity index (χ1v) is 7.96. The minimum absolute atomic E-state index is 0.0749. The number of nitrogens with one attached hydrogen (secondary N) is 1. The van der Waals surface area contributed by atoms with Gasteiger partial charge in [-0.05, 0) is 36.6 Å². The van der Waals surface area contributed by atoms with Crippen LogP contribution in [0.5, 0.6) is 11.5 Å². The molecule has 0 radical (unpaired) electrons. The van der Waals surface area contributed by atoms with E-state index in [1.54, 1.807) is 6.07 Å². The van der Waals surface area contributed by atoms with Crippen LogP contribution in [0, 0.1) is 6.92 Å². The van der Waals surface area contributed by atoms with Crippen molar-refractivity contribution >= 4 is 5.91 Å². The molecule has 0 aliphatic carbocycles. The van der Waals surface area contributed by atoms with Crippen molar-refractivity contribution in [3.63, 3.8) is 0 Å². The first kappa shape index (κ1) is 15.4. The second-order valence-electron chi connectivity index (χ2n) is 5.66. The highest BCUT2D eigenvalue weighted by molar-refractivity contribution is 5.96. The molecule has 0 aromatic heterocycles. The van der Waals surface area contributed by atoms with Crippen molar-refractivity contribution in [1.82, 2.24) is 5.32 Å². The summed E-state index contributed by atoms with van der Waals surface area (Å²) in [5.74, 6) is 1.30. The Labute approximate surface area is 136 Å². The number of aryl methyl sites for hydroxylation is 1. The van der Waals surface area contributed by atoms with E-state index in [9.17, 15) is 4.79 Å². The molecule has 0 spiro atoms. The molecule has 1 N–H and O–H groups in total. The molecule has 0 fully saturated rings.